The third-order valence-corrected chi connectivity index (χ3v) is 6.83. The van der Waals surface area contributed by atoms with Crippen molar-refractivity contribution in [2.45, 2.75) is 37.4 Å². The number of fused-ring (bicyclic) bond motifs is 1. The van der Waals surface area contributed by atoms with Gasteiger partial charge in [-0.15, -0.1) is 11.3 Å². The fraction of sp³-hybridized carbons (Fsp3) is 0.294. The molecular weight excluding hydrogens is 400 g/mol. The largest absolute Gasteiger partial charge is 0.351 e. The van der Waals surface area contributed by atoms with E-state index in [2.05, 4.69) is 21.5 Å². The van der Waals surface area contributed by atoms with Crippen LogP contribution in [-0.4, -0.2) is 28.9 Å². The van der Waals surface area contributed by atoms with E-state index in [4.69, 9.17) is 10.4 Å². The Labute approximate surface area is 165 Å². The normalized spacial score (nSPS) is 11.5. The van der Waals surface area contributed by atoms with E-state index in [0.717, 1.165) is 28.3 Å². The zero-order valence-electron chi connectivity index (χ0n) is 15.3. The highest BCUT2D eigenvalue weighted by Gasteiger charge is 2.15. The Morgan fingerprint density at radius 2 is 2.14 bits per heavy atom. The van der Waals surface area contributed by atoms with E-state index in [1.54, 1.807) is 10.6 Å². The van der Waals surface area contributed by atoms with Gasteiger partial charge in [-0.25, -0.2) is 23.1 Å². The van der Waals surface area contributed by atoms with Crippen molar-refractivity contribution in [1.82, 2.24) is 19.9 Å². The molecule has 0 fully saturated rings. The van der Waals surface area contributed by atoms with Gasteiger partial charge >= 0.3 is 0 Å². The molecule has 3 aromatic heterocycles. The molecule has 3 aromatic rings. The molecule has 11 heteroatoms. The summed E-state index contributed by atoms with van der Waals surface area (Å²) < 4.78 is 24.3. The maximum absolute atomic E-state index is 12.2. The van der Waals surface area contributed by atoms with E-state index in [-0.39, 0.29) is 23.1 Å². The standard InChI is InChI=1S/C17H18N6O3S2/c1-10-14(11(2)23-17(22-10)12(7-18)8-21-23)4-5-15(24)20-9-13-3-6-16(27-13)28(19,25)26/h3,6,8H,4-5,9H2,1-2H3,(H,20,24)(H2,19,25,26). The summed E-state index contributed by atoms with van der Waals surface area (Å²) in [5, 5.41) is 21.2. The molecule has 0 aliphatic rings. The SMILES string of the molecule is Cc1nc2c(C#N)cnn2c(C)c1CCC(=O)NCc1ccc(S(N)(=O)=O)s1. The number of hydrogen-bond donors (Lipinski definition) is 2. The Morgan fingerprint density at radius 1 is 1.39 bits per heavy atom. The number of nitriles is 1. The van der Waals surface area contributed by atoms with Crippen molar-refractivity contribution in [2.24, 2.45) is 5.14 Å². The molecule has 0 saturated heterocycles. The molecule has 3 rings (SSSR count). The zero-order valence-corrected chi connectivity index (χ0v) is 16.9. The predicted molar refractivity (Wildman–Crippen MR) is 103 cm³/mol. The number of carbonyl (C=O) groups is 1. The molecular formula is C17H18N6O3S2. The Kier molecular flexibility index (Phi) is 5.46. The van der Waals surface area contributed by atoms with Crippen LogP contribution in [0.15, 0.2) is 22.5 Å². The maximum Gasteiger partial charge on any atom is 0.247 e. The third-order valence-electron chi connectivity index (χ3n) is 4.31. The highest BCUT2D eigenvalue weighted by molar-refractivity contribution is 7.91. The van der Waals surface area contributed by atoms with Gasteiger partial charge in [0.25, 0.3) is 0 Å². The first-order chi connectivity index (χ1) is 13.2. The molecule has 0 bridgehead atoms. The minimum atomic E-state index is -3.72. The van der Waals surface area contributed by atoms with Crippen LogP contribution in [0.2, 0.25) is 0 Å². The van der Waals surface area contributed by atoms with Gasteiger partial charge in [-0.05, 0) is 38.0 Å². The summed E-state index contributed by atoms with van der Waals surface area (Å²) in [5.74, 6) is -0.164. The summed E-state index contributed by atoms with van der Waals surface area (Å²) in [6, 6.07) is 5.11. The number of carbonyl (C=O) groups excluding carboxylic acids is 1. The molecule has 3 N–H and O–H groups in total. The topological polar surface area (TPSA) is 143 Å². The van der Waals surface area contributed by atoms with Gasteiger partial charge < -0.3 is 5.32 Å². The minimum absolute atomic E-state index is 0.0679. The van der Waals surface area contributed by atoms with Crippen LogP contribution in [0.4, 0.5) is 0 Å². The summed E-state index contributed by atoms with van der Waals surface area (Å²) >= 11 is 1.03. The Balaban J connectivity index is 1.65. The lowest BCUT2D eigenvalue weighted by Crippen LogP contribution is -2.23. The van der Waals surface area contributed by atoms with Crippen LogP contribution >= 0.6 is 11.3 Å². The van der Waals surface area contributed by atoms with Crippen LogP contribution in [-0.2, 0) is 27.8 Å². The van der Waals surface area contributed by atoms with Crippen molar-refractivity contribution < 1.29 is 13.2 Å². The molecule has 3 heterocycles. The average Bonchev–Trinajstić information content (AvgIpc) is 3.26. The molecule has 0 atom stereocenters. The zero-order chi connectivity index (χ0) is 20.5. The van der Waals surface area contributed by atoms with Gasteiger partial charge in [-0.1, -0.05) is 0 Å². The van der Waals surface area contributed by atoms with E-state index in [0.29, 0.717) is 22.5 Å². The third kappa shape index (κ3) is 4.04. The molecule has 28 heavy (non-hydrogen) atoms. The van der Waals surface area contributed by atoms with Crippen molar-refractivity contribution in [3.63, 3.8) is 0 Å². The molecule has 146 valence electrons. The van der Waals surface area contributed by atoms with Gasteiger partial charge in [0.2, 0.25) is 15.9 Å². The first-order valence-corrected chi connectivity index (χ1v) is 10.7. The van der Waals surface area contributed by atoms with E-state index in [9.17, 15) is 13.2 Å². The summed E-state index contributed by atoms with van der Waals surface area (Å²) in [7, 11) is -3.72. The lowest BCUT2D eigenvalue weighted by molar-refractivity contribution is -0.121. The molecule has 0 unspecified atom stereocenters. The highest BCUT2D eigenvalue weighted by Crippen LogP contribution is 2.20. The number of thiophene rings is 1. The number of nitrogens with zero attached hydrogens (tertiary/aromatic N) is 4. The first kappa shape index (κ1) is 19.9. The number of nitrogens with one attached hydrogen (secondary N) is 1. The smallest absolute Gasteiger partial charge is 0.247 e. The van der Waals surface area contributed by atoms with Crippen LogP contribution in [0, 0.1) is 25.2 Å². The van der Waals surface area contributed by atoms with Crippen molar-refractivity contribution in [1.29, 1.82) is 5.26 Å². The lowest BCUT2D eigenvalue weighted by atomic mass is 10.1. The van der Waals surface area contributed by atoms with Crippen molar-refractivity contribution in [2.75, 3.05) is 0 Å². The number of nitrogens with two attached hydrogens (primary N) is 1. The van der Waals surface area contributed by atoms with Gasteiger partial charge in [-0.2, -0.15) is 10.4 Å². The van der Waals surface area contributed by atoms with E-state index >= 15 is 0 Å². The monoisotopic (exact) mass is 418 g/mol. The Morgan fingerprint density at radius 3 is 2.79 bits per heavy atom. The summed E-state index contributed by atoms with van der Waals surface area (Å²) in [6.07, 6.45) is 2.19. The van der Waals surface area contributed by atoms with Crippen LogP contribution in [0.25, 0.3) is 5.65 Å². The quantitative estimate of drug-likeness (QED) is 0.615. The highest BCUT2D eigenvalue weighted by atomic mass is 32.2. The fourth-order valence-corrected chi connectivity index (χ4v) is 4.59. The van der Waals surface area contributed by atoms with E-state index in [1.807, 2.05) is 13.8 Å². The number of aromatic nitrogens is 3. The van der Waals surface area contributed by atoms with Gasteiger partial charge in [-0.3, -0.25) is 4.79 Å². The second-order valence-electron chi connectivity index (χ2n) is 6.21. The minimum Gasteiger partial charge on any atom is -0.351 e. The summed E-state index contributed by atoms with van der Waals surface area (Å²) in [5.41, 5.74) is 3.42. The van der Waals surface area contributed by atoms with Crippen LogP contribution in [0.5, 0.6) is 0 Å². The molecule has 0 spiro atoms. The first-order valence-electron chi connectivity index (χ1n) is 8.33. The Bertz CT molecular complexity index is 1200. The summed E-state index contributed by atoms with van der Waals surface area (Å²) in [6.45, 7) is 3.96. The van der Waals surface area contributed by atoms with E-state index in [1.165, 1.54) is 12.3 Å². The summed E-state index contributed by atoms with van der Waals surface area (Å²) in [4.78, 5) is 17.3. The second kappa shape index (κ2) is 7.67. The van der Waals surface area contributed by atoms with Crippen LogP contribution in [0.3, 0.4) is 0 Å². The van der Waals surface area contributed by atoms with Gasteiger partial charge in [0.05, 0.1) is 12.7 Å². The fourth-order valence-electron chi connectivity index (χ4n) is 2.87. The van der Waals surface area contributed by atoms with Gasteiger partial charge in [0, 0.05) is 22.7 Å². The number of aryl methyl sites for hydroxylation is 2. The van der Waals surface area contributed by atoms with E-state index < -0.39 is 10.0 Å². The number of amides is 1. The van der Waals surface area contributed by atoms with Crippen LogP contribution in [0.1, 0.15) is 33.8 Å². The molecule has 0 aliphatic carbocycles. The second-order valence-corrected chi connectivity index (χ2v) is 9.17. The van der Waals surface area contributed by atoms with Crippen LogP contribution < -0.4 is 10.5 Å². The molecule has 0 radical (unpaired) electrons. The molecule has 0 saturated carbocycles. The number of sulfonamides is 1. The predicted octanol–water partition coefficient (Wildman–Crippen LogP) is 1.18. The maximum atomic E-state index is 12.2. The van der Waals surface area contributed by atoms with Crippen molar-refractivity contribution in [3.8, 4) is 6.07 Å². The van der Waals surface area contributed by atoms with Crippen molar-refractivity contribution >= 4 is 32.9 Å². The number of primary sulfonamides is 1. The number of rotatable bonds is 6. The molecule has 1 amide bonds. The average molecular weight is 419 g/mol. The Hall–Kier alpha value is -2.81. The molecule has 0 aliphatic heterocycles. The number of hydrogen-bond acceptors (Lipinski definition) is 7. The lowest BCUT2D eigenvalue weighted by Gasteiger charge is -2.11. The van der Waals surface area contributed by atoms with Gasteiger partial charge in [0.1, 0.15) is 15.8 Å². The molecule has 9 nitrogen and oxygen atoms in total. The van der Waals surface area contributed by atoms with Crippen molar-refractivity contribution in [3.05, 3.63) is 45.7 Å². The van der Waals surface area contributed by atoms with Gasteiger partial charge in [0.15, 0.2) is 5.65 Å². The molecule has 0 aromatic carbocycles.